The summed E-state index contributed by atoms with van der Waals surface area (Å²) in [6.07, 6.45) is 0.476. The highest BCUT2D eigenvalue weighted by Crippen LogP contribution is 2.20. The number of nitrogens with zero attached hydrogens (tertiary/aromatic N) is 6. The highest BCUT2D eigenvalue weighted by atomic mass is 16.5. The fourth-order valence-electron chi connectivity index (χ4n) is 2.91. The molecule has 130 valence electrons. The molecule has 9 heteroatoms. The fraction of sp³-hybridized carbons (Fsp3) is 0.438. The third-order valence-electron chi connectivity index (χ3n) is 4.30. The first-order valence-corrected chi connectivity index (χ1v) is 8.33. The van der Waals surface area contributed by atoms with Crippen LogP contribution in [0.4, 0.5) is 0 Å². The summed E-state index contributed by atoms with van der Waals surface area (Å²) in [6.45, 7) is 3.61. The van der Waals surface area contributed by atoms with Crippen molar-refractivity contribution in [1.29, 1.82) is 0 Å². The summed E-state index contributed by atoms with van der Waals surface area (Å²) >= 11 is 0. The van der Waals surface area contributed by atoms with E-state index in [4.69, 9.17) is 4.74 Å². The van der Waals surface area contributed by atoms with Gasteiger partial charge in [-0.3, -0.25) is 9.89 Å². The number of rotatable bonds is 4. The average Bonchev–Trinajstić information content (AvgIpc) is 3.29. The van der Waals surface area contributed by atoms with Gasteiger partial charge in [-0.1, -0.05) is 24.3 Å². The van der Waals surface area contributed by atoms with Crippen LogP contribution in [0.3, 0.4) is 0 Å². The first kappa shape index (κ1) is 15.7. The van der Waals surface area contributed by atoms with Crippen LogP contribution in [-0.4, -0.2) is 60.7 Å². The highest BCUT2D eigenvalue weighted by Gasteiger charge is 2.28. The zero-order valence-electron chi connectivity index (χ0n) is 13.9. The summed E-state index contributed by atoms with van der Waals surface area (Å²) in [7, 11) is 0. The summed E-state index contributed by atoms with van der Waals surface area (Å²) in [5, 5.41) is 15.2. The number of para-hydroxylation sites is 1. The van der Waals surface area contributed by atoms with E-state index in [-0.39, 0.29) is 18.6 Å². The van der Waals surface area contributed by atoms with Crippen molar-refractivity contribution in [2.45, 2.75) is 26.0 Å². The number of carbonyl (C=O) groups excluding carboxylic acids is 1. The molecule has 0 aliphatic carbocycles. The van der Waals surface area contributed by atoms with Gasteiger partial charge in [0, 0.05) is 13.0 Å². The first-order chi connectivity index (χ1) is 12.2. The van der Waals surface area contributed by atoms with Crippen LogP contribution in [0.25, 0.3) is 11.0 Å². The molecule has 3 aromatic rings. The molecule has 25 heavy (non-hydrogen) atoms. The molecule has 1 atom stereocenters. The van der Waals surface area contributed by atoms with Crippen LogP contribution in [0.2, 0.25) is 0 Å². The van der Waals surface area contributed by atoms with Gasteiger partial charge in [0.15, 0.2) is 5.82 Å². The topological polar surface area (TPSA) is 102 Å². The maximum Gasteiger partial charge on any atom is 0.244 e. The summed E-state index contributed by atoms with van der Waals surface area (Å²) in [5.41, 5.74) is 1.63. The lowest BCUT2D eigenvalue weighted by molar-refractivity contribution is -0.140. The molecule has 1 unspecified atom stereocenters. The van der Waals surface area contributed by atoms with Gasteiger partial charge in [-0.2, -0.15) is 5.10 Å². The Bertz CT molecular complexity index is 887. The maximum absolute atomic E-state index is 12.7. The van der Waals surface area contributed by atoms with Crippen LogP contribution in [0.5, 0.6) is 0 Å². The van der Waals surface area contributed by atoms with Crippen molar-refractivity contribution in [3.05, 3.63) is 35.9 Å². The zero-order chi connectivity index (χ0) is 17.2. The van der Waals surface area contributed by atoms with Crippen molar-refractivity contribution in [2.24, 2.45) is 0 Å². The largest absolute Gasteiger partial charge is 0.366 e. The Morgan fingerprint density at radius 3 is 3.12 bits per heavy atom. The molecular weight excluding hydrogens is 322 g/mol. The van der Waals surface area contributed by atoms with E-state index in [0.717, 1.165) is 23.3 Å². The van der Waals surface area contributed by atoms with Crippen LogP contribution < -0.4 is 0 Å². The van der Waals surface area contributed by atoms with E-state index in [1.807, 2.05) is 31.2 Å². The highest BCUT2D eigenvalue weighted by molar-refractivity contribution is 5.79. The number of aromatic amines is 1. The zero-order valence-corrected chi connectivity index (χ0v) is 13.9. The van der Waals surface area contributed by atoms with E-state index in [0.29, 0.717) is 25.5 Å². The van der Waals surface area contributed by atoms with Crippen molar-refractivity contribution in [2.75, 3.05) is 19.7 Å². The molecular formula is C16H19N7O2. The molecule has 1 amide bonds. The Labute approximate surface area is 144 Å². The van der Waals surface area contributed by atoms with Gasteiger partial charge in [0.25, 0.3) is 0 Å². The van der Waals surface area contributed by atoms with Gasteiger partial charge in [-0.05, 0) is 12.1 Å². The van der Waals surface area contributed by atoms with E-state index in [9.17, 15) is 4.79 Å². The van der Waals surface area contributed by atoms with Crippen molar-refractivity contribution in [3.63, 3.8) is 0 Å². The number of carbonyl (C=O) groups is 1. The Morgan fingerprint density at radius 2 is 2.28 bits per heavy atom. The molecule has 1 fully saturated rings. The summed E-state index contributed by atoms with van der Waals surface area (Å²) in [6, 6.07) is 7.59. The third kappa shape index (κ3) is 3.10. The number of H-pyrrole nitrogens is 1. The number of hydrogen-bond donors (Lipinski definition) is 1. The minimum absolute atomic E-state index is 0.0183. The maximum atomic E-state index is 12.7. The standard InChI is InChI=1S/C16H19N7O2/c1-2-14-17-16(20-19-14)13-9-22(7-8-25-13)15(24)10-23-12-6-4-3-5-11(12)18-21-23/h3-6,13H,2,7-10H2,1H3,(H,17,19,20). The quantitative estimate of drug-likeness (QED) is 0.750. The van der Waals surface area contributed by atoms with Crippen LogP contribution in [0.15, 0.2) is 24.3 Å². The second kappa shape index (κ2) is 6.60. The number of morpholine rings is 1. The lowest BCUT2D eigenvalue weighted by Gasteiger charge is -2.31. The number of nitrogens with one attached hydrogen (secondary N) is 1. The predicted molar refractivity (Wildman–Crippen MR) is 88.6 cm³/mol. The molecule has 9 nitrogen and oxygen atoms in total. The summed E-state index contributed by atoms with van der Waals surface area (Å²) in [5.74, 6) is 1.40. The van der Waals surface area contributed by atoms with Crippen molar-refractivity contribution >= 4 is 16.9 Å². The average molecular weight is 341 g/mol. The van der Waals surface area contributed by atoms with Crippen LogP contribution in [0.1, 0.15) is 24.7 Å². The minimum Gasteiger partial charge on any atom is -0.366 e. The molecule has 2 aromatic heterocycles. The van der Waals surface area contributed by atoms with Gasteiger partial charge >= 0.3 is 0 Å². The number of benzene rings is 1. The van der Waals surface area contributed by atoms with Gasteiger partial charge in [0.2, 0.25) is 5.91 Å². The number of amides is 1. The van der Waals surface area contributed by atoms with E-state index in [1.54, 1.807) is 9.58 Å². The monoisotopic (exact) mass is 341 g/mol. The Kier molecular flexibility index (Phi) is 4.14. The number of hydrogen-bond acceptors (Lipinski definition) is 6. The Morgan fingerprint density at radius 1 is 1.40 bits per heavy atom. The number of fused-ring (bicyclic) bond motifs is 1. The fourth-order valence-corrected chi connectivity index (χ4v) is 2.91. The summed E-state index contributed by atoms with van der Waals surface area (Å²) < 4.78 is 7.36. The molecule has 0 spiro atoms. The molecule has 0 saturated carbocycles. The molecule has 1 aliphatic rings. The van der Waals surface area contributed by atoms with E-state index in [1.165, 1.54) is 0 Å². The van der Waals surface area contributed by atoms with E-state index in [2.05, 4.69) is 25.5 Å². The lowest BCUT2D eigenvalue weighted by Crippen LogP contribution is -2.44. The number of aryl methyl sites for hydroxylation is 1. The second-order valence-corrected chi connectivity index (χ2v) is 5.93. The molecule has 0 radical (unpaired) electrons. The molecule has 3 heterocycles. The smallest absolute Gasteiger partial charge is 0.244 e. The van der Waals surface area contributed by atoms with Gasteiger partial charge in [0.05, 0.1) is 18.7 Å². The van der Waals surface area contributed by atoms with Crippen molar-refractivity contribution in [3.8, 4) is 0 Å². The van der Waals surface area contributed by atoms with Crippen LogP contribution in [0, 0.1) is 0 Å². The van der Waals surface area contributed by atoms with E-state index >= 15 is 0 Å². The molecule has 1 N–H and O–H groups in total. The van der Waals surface area contributed by atoms with Gasteiger partial charge < -0.3 is 9.64 Å². The molecule has 1 saturated heterocycles. The number of aromatic nitrogens is 6. The molecule has 4 rings (SSSR count). The minimum atomic E-state index is -0.304. The summed E-state index contributed by atoms with van der Waals surface area (Å²) in [4.78, 5) is 18.9. The van der Waals surface area contributed by atoms with Gasteiger partial charge in [-0.15, -0.1) is 5.10 Å². The predicted octanol–water partition coefficient (Wildman–Crippen LogP) is 0.712. The second-order valence-electron chi connectivity index (χ2n) is 5.93. The lowest BCUT2D eigenvalue weighted by atomic mass is 10.2. The molecule has 1 aromatic carbocycles. The first-order valence-electron chi connectivity index (χ1n) is 8.33. The SMILES string of the molecule is CCc1nc(C2CN(C(=O)Cn3nnc4ccccc43)CCO2)n[nH]1. The number of ether oxygens (including phenoxy) is 1. The van der Waals surface area contributed by atoms with Crippen molar-refractivity contribution < 1.29 is 9.53 Å². The van der Waals surface area contributed by atoms with E-state index < -0.39 is 0 Å². The van der Waals surface area contributed by atoms with Crippen LogP contribution in [-0.2, 0) is 22.5 Å². The van der Waals surface area contributed by atoms with Crippen LogP contribution >= 0.6 is 0 Å². The van der Waals surface area contributed by atoms with Gasteiger partial charge in [0.1, 0.15) is 24.0 Å². The van der Waals surface area contributed by atoms with Crippen molar-refractivity contribution in [1.82, 2.24) is 35.1 Å². The third-order valence-corrected chi connectivity index (χ3v) is 4.30. The Hall–Kier alpha value is -2.81. The van der Waals surface area contributed by atoms with Gasteiger partial charge in [-0.25, -0.2) is 9.67 Å². The Balaban J connectivity index is 1.46. The normalized spacial score (nSPS) is 18.0. The molecule has 1 aliphatic heterocycles. The molecule has 0 bridgehead atoms.